The molecule has 2 heterocycles. The molecule has 2 saturated heterocycles. The van der Waals surface area contributed by atoms with E-state index in [1.165, 1.54) is 53.2 Å². The van der Waals surface area contributed by atoms with Crippen LogP contribution in [0.3, 0.4) is 0 Å². The first-order chi connectivity index (χ1) is 9.09. The van der Waals surface area contributed by atoms with E-state index in [4.69, 9.17) is 0 Å². The van der Waals surface area contributed by atoms with Gasteiger partial charge in [0.1, 0.15) is 0 Å². The van der Waals surface area contributed by atoms with E-state index in [0.29, 0.717) is 0 Å². The fourth-order valence-electron chi connectivity index (χ4n) is 3.90. The number of benzene rings is 1. The maximum atomic E-state index is 3.60. The van der Waals surface area contributed by atoms with Crippen molar-refractivity contribution in [1.82, 2.24) is 0 Å². The quantitative estimate of drug-likeness (QED) is 0.658. The van der Waals surface area contributed by atoms with E-state index in [2.05, 4.69) is 63.5 Å². The van der Waals surface area contributed by atoms with Crippen LogP contribution in [0.2, 0.25) is 0 Å². The molecule has 0 saturated carbocycles. The van der Waals surface area contributed by atoms with Gasteiger partial charge in [-0.25, -0.2) is 0 Å². The zero-order chi connectivity index (χ0) is 13.5. The summed E-state index contributed by atoms with van der Waals surface area (Å²) in [6.07, 6.45) is 9.24. The fourth-order valence-corrected chi connectivity index (χ4v) is 4.57. The lowest BCUT2D eigenvalue weighted by molar-refractivity contribution is -0.946. The van der Waals surface area contributed by atoms with Gasteiger partial charge in [0, 0.05) is 41.0 Å². The van der Waals surface area contributed by atoms with Crippen LogP contribution in [0.5, 0.6) is 0 Å². The van der Waals surface area contributed by atoms with Crippen molar-refractivity contribution < 1.29 is 4.48 Å². The van der Waals surface area contributed by atoms with Gasteiger partial charge in [-0.05, 0) is 56.0 Å². The molecule has 103 valence electrons. The SMILES string of the molecule is C[N+]1(CCc2ccc(Br)c(Br)c2)C2C[CH]CC1CC2. The third-order valence-corrected chi connectivity index (χ3v) is 7.12. The minimum atomic E-state index is 0.887. The predicted octanol–water partition coefficient (Wildman–Crippen LogP) is 4.73. The molecule has 2 atom stereocenters. The standard InChI is InChI=1S/C16H21Br2N/c1-19(13-3-2-4-14(19)7-6-13)10-9-12-5-8-15(17)16(18)11-12/h2,5,8,11,13-14H,3-4,6-7,9-10H2,1H3/q+1. The van der Waals surface area contributed by atoms with Crippen molar-refractivity contribution in [2.24, 2.45) is 0 Å². The van der Waals surface area contributed by atoms with Gasteiger partial charge in [-0.2, -0.15) is 0 Å². The molecule has 1 aromatic rings. The summed E-state index contributed by atoms with van der Waals surface area (Å²) in [7, 11) is 2.49. The van der Waals surface area contributed by atoms with Gasteiger partial charge in [-0.1, -0.05) is 6.07 Å². The number of piperidine rings is 1. The summed E-state index contributed by atoms with van der Waals surface area (Å²) in [5.74, 6) is 0. The monoisotopic (exact) mass is 385 g/mol. The Bertz CT molecular complexity index is 456. The van der Waals surface area contributed by atoms with Crippen molar-refractivity contribution >= 4 is 31.9 Å². The van der Waals surface area contributed by atoms with Crippen LogP contribution in [0, 0.1) is 6.42 Å². The van der Waals surface area contributed by atoms with Crippen molar-refractivity contribution in [2.45, 2.75) is 44.2 Å². The molecular formula is C16H21Br2N+. The highest BCUT2D eigenvalue weighted by atomic mass is 79.9. The van der Waals surface area contributed by atoms with Crippen molar-refractivity contribution in [3.8, 4) is 0 Å². The van der Waals surface area contributed by atoms with Crippen molar-refractivity contribution in [3.05, 3.63) is 39.1 Å². The first-order valence-electron chi connectivity index (χ1n) is 7.20. The molecule has 2 unspecified atom stereocenters. The first-order valence-corrected chi connectivity index (χ1v) is 8.78. The van der Waals surface area contributed by atoms with E-state index in [0.717, 1.165) is 16.6 Å². The number of hydrogen-bond donors (Lipinski definition) is 0. The second kappa shape index (κ2) is 5.50. The van der Waals surface area contributed by atoms with Crippen LogP contribution >= 0.6 is 31.9 Å². The average Bonchev–Trinajstić information content (AvgIpc) is 2.59. The molecule has 1 radical (unpaired) electrons. The van der Waals surface area contributed by atoms with E-state index in [1.807, 2.05) is 0 Å². The largest absolute Gasteiger partial charge is 0.321 e. The molecule has 2 aliphatic rings. The second-order valence-electron chi connectivity index (χ2n) is 6.21. The number of rotatable bonds is 3. The maximum absolute atomic E-state index is 3.60. The van der Waals surface area contributed by atoms with E-state index in [1.54, 1.807) is 0 Å². The third kappa shape index (κ3) is 2.66. The average molecular weight is 387 g/mol. The number of quaternary nitrogens is 1. The Morgan fingerprint density at radius 3 is 2.42 bits per heavy atom. The normalized spacial score (nSPS) is 33.6. The Morgan fingerprint density at radius 2 is 1.79 bits per heavy atom. The molecule has 0 amide bonds. The maximum Gasteiger partial charge on any atom is 0.0895 e. The summed E-state index contributed by atoms with van der Waals surface area (Å²) in [4.78, 5) is 0. The number of fused-ring (bicyclic) bond motifs is 2. The van der Waals surface area contributed by atoms with Gasteiger partial charge in [0.25, 0.3) is 0 Å². The molecule has 0 aromatic heterocycles. The molecule has 1 aromatic carbocycles. The van der Waals surface area contributed by atoms with E-state index in [-0.39, 0.29) is 0 Å². The Labute approximate surface area is 133 Å². The van der Waals surface area contributed by atoms with E-state index < -0.39 is 0 Å². The fraction of sp³-hybridized carbons (Fsp3) is 0.562. The van der Waals surface area contributed by atoms with Gasteiger partial charge in [0.05, 0.1) is 25.7 Å². The molecule has 2 fully saturated rings. The minimum Gasteiger partial charge on any atom is -0.321 e. The Balaban J connectivity index is 1.70. The van der Waals surface area contributed by atoms with Crippen LogP contribution in [0.1, 0.15) is 31.2 Å². The highest BCUT2D eigenvalue weighted by molar-refractivity contribution is 9.13. The molecule has 0 spiro atoms. The lowest BCUT2D eigenvalue weighted by atomic mass is 9.98. The summed E-state index contributed by atoms with van der Waals surface area (Å²) in [6, 6.07) is 8.43. The van der Waals surface area contributed by atoms with Gasteiger partial charge >= 0.3 is 0 Å². The molecule has 19 heavy (non-hydrogen) atoms. The summed E-state index contributed by atoms with van der Waals surface area (Å²) in [5, 5.41) is 0. The Hall–Kier alpha value is 0.140. The first kappa shape index (κ1) is 14.1. The Kier molecular flexibility index (Phi) is 4.08. The van der Waals surface area contributed by atoms with Gasteiger partial charge in [-0.3, -0.25) is 0 Å². The van der Waals surface area contributed by atoms with Gasteiger partial charge in [-0.15, -0.1) is 0 Å². The highest BCUT2D eigenvalue weighted by Gasteiger charge is 2.47. The van der Waals surface area contributed by atoms with Gasteiger partial charge < -0.3 is 4.48 Å². The lowest BCUT2D eigenvalue weighted by Crippen LogP contribution is -2.56. The lowest BCUT2D eigenvalue weighted by Gasteiger charge is -2.44. The Morgan fingerprint density at radius 1 is 1.11 bits per heavy atom. The van der Waals surface area contributed by atoms with Crippen molar-refractivity contribution in [2.75, 3.05) is 13.6 Å². The van der Waals surface area contributed by atoms with Crippen LogP contribution < -0.4 is 0 Å². The molecular weight excluding hydrogens is 366 g/mol. The van der Waals surface area contributed by atoms with Crippen molar-refractivity contribution in [3.63, 3.8) is 0 Å². The molecule has 2 aliphatic heterocycles. The molecule has 3 heteroatoms. The summed E-state index contributed by atoms with van der Waals surface area (Å²) in [5.41, 5.74) is 1.45. The molecule has 1 nitrogen and oxygen atoms in total. The number of likely N-dealkylation sites (N-methyl/N-ethyl adjacent to an activating group) is 1. The van der Waals surface area contributed by atoms with Crippen molar-refractivity contribution in [1.29, 1.82) is 0 Å². The predicted molar refractivity (Wildman–Crippen MR) is 86.9 cm³/mol. The zero-order valence-corrected chi connectivity index (χ0v) is 14.6. The molecule has 2 bridgehead atoms. The van der Waals surface area contributed by atoms with Gasteiger partial charge in [0.2, 0.25) is 0 Å². The van der Waals surface area contributed by atoms with E-state index >= 15 is 0 Å². The summed E-state index contributed by atoms with van der Waals surface area (Å²) >= 11 is 7.15. The van der Waals surface area contributed by atoms with Gasteiger partial charge in [0.15, 0.2) is 0 Å². The summed E-state index contributed by atoms with van der Waals surface area (Å²) < 4.78 is 3.62. The third-order valence-electron chi connectivity index (χ3n) is 5.25. The number of nitrogens with zero attached hydrogens (tertiary/aromatic N) is 1. The molecule has 0 N–H and O–H groups in total. The van der Waals surface area contributed by atoms with Crippen LogP contribution in [0.4, 0.5) is 0 Å². The van der Waals surface area contributed by atoms with Crippen LogP contribution in [-0.2, 0) is 6.42 Å². The summed E-state index contributed by atoms with van der Waals surface area (Å²) in [6.45, 7) is 1.29. The minimum absolute atomic E-state index is 0.887. The van der Waals surface area contributed by atoms with E-state index in [9.17, 15) is 0 Å². The topological polar surface area (TPSA) is 0 Å². The van der Waals surface area contributed by atoms with Crippen LogP contribution in [0.25, 0.3) is 0 Å². The number of halogens is 2. The smallest absolute Gasteiger partial charge is 0.0895 e. The van der Waals surface area contributed by atoms with Crippen LogP contribution in [-0.4, -0.2) is 30.2 Å². The zero-order valence-electron chi connectivity index (χ0n) is 11.4. The second-order valence-corrected chi connectivity index (χ2v) is 7.92. The molecule has 0 aliphatic carbocycles. The highest BCUT2D eigenvalue weighted by Crippen LogP contribution is 2.40. The molecule has 3 rings (SSSR count). The van der Waals surface area contributed by atoms with Crippen LogP contribution in [0.15, 0.2) is 27.1 Å². The number of hydrogen-bond acceptors (Lipinski definition) is 0.